The van der Waals surface area contributed by atoms with E-state index in [0.717, 1.165) is 10.6 Å². The van der Waals surface area contributed by atoms with Gasteiger partial charge in [0.2, 0.25) is 21.8 Å². The fourth-order valence-electron chi connectivity index (χ4n) is 3.58. The smallest absolute Gasteiger partial charge is 0.244 e. The molecule has 198 valence electrons. The van der Waals surface area contributed by atoms with Crippen LogP contribution in [0.2, 0.25) is 10.0 Å². The summed E-state index contributed by atoms with van der Waals surface area (Å²) in [5.41, 5.74) is 0.840. The molecule has 1 N–H and O–H groups in total. The zero-order valence-electron chi connectivity index (χ0n) is 21.1. The molecule has 8 nitrogen and oxygen atoms in total. The summed E-state index contributed by atoms with van der Waals surface area (Å²) in [6.45, 7) is 5.69. The Morgan fingerprint density at radius 2 is 1.75 bits per heavy atom. The number of amides is 2. The van der Waals surface area contributed by atoms with Crippen molar-refractivity contribution in [3.05, 3.63) is 58.1 Å². The lowest BCUT2D eigenvalue weighted by molar-refractivity contribution is -0.140. The van der Waals surface area contributed by atoms with Crippen LogP contribution >= 0.6 is 23.2 Å². The van der Waals surface area contributed by atoms with E-state index in [1.807, 2.05) is 13.8 Å². The van der Waals surface area contributed by atoms with Gasteiger partial charge in [-0.2, -0.15) is 0 Å². The van der Waals surface area contributed by atoms with Gasteiger partial charge >= 0.3 is 0 Å². The lowest BCUT2D eigenvalue weighted by atomic mass is 10.1. The van der Waals surface area contributed by atoms with Gasteiger partial charge in [-0.15, -0.1) is 0 Å². The second kappa shape index (κ2) is 13.2. The van der Waals surface area contributed by atoms with Crippen LogP contribution in [0.4, 0.5) is 5.69 Å². The van der Waals surface area contributed by atoms with E-state index < -0.39 is 28.5 Å². The number of nitrogens with zero attached hydrogens (tertiary/aromatic N) is 2. The van der Waals surface area contributed by atoms with E-state index in [4.69, 9.17) is 27.9 Å². The molecule has 2 aromatic rings. The van der Waals surface area contributed by atoms with Crippen molar-refractivity contribution in [3.8, 4) is 5.75 Å². The molecule has 2 rings (SSSR count). The molecule has 0 aliphatic rings. The van der Waals surface area contributed by atoms with Gasteiger partial charge in [-0.1, -0.05) is 62.2 Å². The number of hydrogen-bond acceptors (Lipinski definition) is 5. The number of benzene rings is 2. The van der Waals surface area contributed by atoms with Gasteiger partial charge in [-0.3, -0.25) is 13.9 Å². The molecule has 0 spiro atoms. The molecule has 2 aromatic carbocycles. The van der Waals surface area contributed by atoms with E-state index in [1.54, 1.807) is 31.2 Å². The summed E-state index contributed by atoms with van der Waals surface area (Å²) in [5.74, 6) is -0.281. The Morgan fingerprint density at radius 3 is 2.28 bits per heavy atom. The zero-order chi connectivity index (χ0) is 27.0. The number of methoxy groups -OCH3 is 1. The fraction of sp³-hybridized carbons (Fsp3) is 0.440. The summed E-state index contributed by atoms with van der Waals surface area (Å²) in [6.07, 6.45) is 1.33. The van der Waals surface area contributed by atoms with Crippen molar-refractivity contribution >= 4 is 50.7 Å². The Hall–Kier alpha value is -2.49. The van der Waals surface area contributed by atoms with Crippen LogP contribution in [0.3, 0.4) is 0 Å². The molecule has 36 heavy (non-hydrogen) atoms. The highest BCUT2D eigenvalue weighted by Gasteiger charge is 2.32. The van der Waals surface area contributed by atoms with Crippen LogP contribution in [-0.4, -0.2) is 57.6 Å². The molecule has 2 amide bonds. The third kappa shape index (κ3) is 8.01. The molecule has 0 saturated carbocycles. The highest BCUT2D eigenvalue weighted by Crippen LogP contribution is 2.30. The minimum atomic E-state index is -3.88. The molecule has 11 heteroatoms. The van der Waals surface area contributed by atoms with Crippen LogP contribution in [-0.2, 0) is 26.2 Å². The van der Waals surface area contributed by atoms with Crippen molar-refractivity contribution < 1.29 is 22.7 Å². The zero-order valence-corrected chi connectivity index (χ0v) is 23.5. The lowest BCUT2D eigenvalue weighted by Crippen LogP contribution is -2.52. The molecule has 0 aliphatic carbocycles. The maximum atomic E-state index is 13.7. The number of carbonyl (C=O) groups is 2. The van der Waals surface area contributed by atoms with Gasteiger partial charge in [0.25, 0.3) is 0 Å². The largest absolute Gasteiger partial charge is 0.495 e. The fourth-order valence-corrected chi connectivity index (χ4v) is 4.87. The van der Waals surface area contributed by atoms with Gasteiger partial charge in [0, 0.05) is 18.1 Å². The van der Waals surface area contributed by atoms with Crippen LogP contribution in [0.5, 0.6) is 5.75 Å². The minimum absolute atomic E-state index is 0.0348. The Balaban J connectivity index is 2.46. The van der Waals surface area contributed by atoms with Crippen LogP contribution in [0.15, 0.2) is 42.5 Å². The molecule has 0 radical (unpaired) electrons. The summed E-state index contributed by atoms with van der Waals surface area (Å²) in [5, 5.41) is 3.51. The SMILES string of the molecule is CC[C@H](C(=O)NCC(C)C)N(Cc1ccccc1Cl)C(=O)CN(c1ccc(OC)c(Cl)c1)S(C)(=O)=O. The number of anilines is 1. The summed E-state index contributed by atoms with van der Waals surface area (Å²) in [7, 11) is -2.43. The van der Waals surface area contributed by atoms with E-state index in [0.29, 0.717) is 29.3 Å². The third-order valence-corrected chi connectivity index (χ3v) is 7.28. The number of hydrogen-bond donors (Lipinski definition) is 1. The Bertz CT molecular complexity index is 1170. The molecule has 0 heterocycles. The van der Waals surface area contributed by atoms with Crippen LogP contribution < -0.4 is 14.4 Å². The van der Waals surface area contributed by atoms with E-state index in [2.05, 4.69) is 5.32 Å². The molecule has 0 bridgehead atoms. The maximum absolute atomic E-state index is 13.7. The first-order valence-electron chi connectivity index (χ1n) is 11.5. The van der Waals surface area contributed by atoms with Crippen molar-refractivity contribution in [2.75, 3.05) is 30.8 Å². The number of carbonyl (C=O) groups excluding carboxylic acids is 2. The van der Waals surface area contributed by atoms with Gasteiger partial charge in [-0.05, 0) is 42.2 Å². The number of sulfonamides is 1. The van der Waals surface area contributed by atoms with Gasteiger partial charge in [0.05, 0.1) is 24.1 Å². The Morgan fingerprint density at radius 1 is 1.08 bits per heavy atom. The molecular formula is C25H33Cl2N3O5S. The van der Waals surface area contributed by atoms with E-state index in [1.165, 1.54) is 30.2 Å². The first-order valence-corrected chi connectivity index (χ1v) is 14.1. The molecule has 0 aromatic heterocycles. The van der Waals surface area contributed by atoms with Gasteiger partial charge in [0.1, 0.15) is 18.3 Å². The van der Waals surface area contributed by atoms with Crippen molar-refractivity contribution in [1.29, 1.82) is 0 Å². The van der Waals surface area contributed by atoms with Gasteiger partial charge < -0.3 is 15.0 Å². The van der Waals surface area contributed by atoms with Gasteiger partial charge in [-0.25, -0.2) is 8.42 Å². The highest BCUT2D eigenvalue weighted by atomic mass is 35.5. The summed E-state index contributed by atoms with van der Waals surface area (Å²) >= 11 is 12.6. The average molecular weight is 559 g/mol. The Labute approximate surface area is 223 Å². The third-order valence-electron chi connectivity index (χ3n) is 5.47. The first-order chi connectivity index (χ1) is 16.9. The van der Waals surface area contributed by atoms with Crippen LogP contribution in [0.25, 0.3) is 0 Å². The number of halogens is 2. The second-order valence-electron chi connectivity index (χ2n) is 8.76. The second-order valence-corrected chi connectivity index (χ2v) is 11.5. The van der Waals surface area contributed by atoms with E-state index in [9.17, 15) is 18.0 Å². The molecule has 1 atom stereocenters. The number of rotatable bonds is 12. The van der Waals surface area contributed by atoms with Gasteiger partial charge in [0.15, 0.2) is 0 Å². The van der Waals surface area contributed by atoms with E-state index in [-0.39, 0.29) is 29.1 Å². The monoisotopic (exact) mass is 557 g/mol. The number of ether oxygens (including phenoxy) is 1. The average Bonchev–Trinajstić information content (AvgIpc) is 2.81. The molecule has 0 unspecified atom stereocenters. The maximum Gasteiger partial charge on any atom is 0.244 e. The molecule has 0 aliphatic heterocycles. The number of nitrogens with one attached hydrogen (secondary N) is 1. The molecule has 0 saturated heterocycles. The normalized spacial score (nSPS) is 12.2. The Kier molecular flexibility index (Phi) is 10.9. The van der Waals surface area contributed by atoms with Crippen molar-refractivity contribution in [1.82, 2.24) is 10.2 Å². The van der Waals surface area contributed by atoms with Crippen molar-refractivity contribution in [3.63, 3.8) is 0 Å². The first kappa shape index (κ1) is 29.7. The predicted molar refractivity (Wildman–Crippen MR) is 144 cm³/mol. The predicted octanol–water partition coefficient (Wildman–Crippen LogP) is 4.35. The topological polar surface area (TPSA) is 96.0 Å². The summed E-state index contributed by atoms with van der Waals surface area (Å²) in [6, 6.07) is 10.6. The molecule has 0 fully saturated rings. The standard InChI is InChI=1S/C25H33Cl2N3O5S/c1-6-22(25(32)28-14-17(2)3)29(15-18-9-7-8-10-20(18)26)24(31)16-30(36(5,33)34)19-11-12-23(35-4)21(27)13-19/h7-13,17,22H,6,14-16H2,1-5H3,(H,28,32)/t22-/m1/s1. The van der Waals surface area contributed by atoms with Crippen LogP contribution in [0.1, 0.15) is 32.8 Å². The minimum Gasteiger partial charge on any atom is -0.495 e. The van der Waals surface area contributed by atoms with Crippen molar-refractivity contribution in [2.24, 2.45) is 5.92 Å². The lowest BCUT2D eigenvalue weighted by Gasteiger charge is -2.33. The van der Waals surface area contributed by atoms with E-state index >= 15 is 0 Å². The van der Waals surface area contributed by atoms with Crippen molar-refractivity contribution in [2.45, 2.75) is 39.8 Å². The summed E-state index contributed by atoms with van der Waals surface area (Å²) < 4.78 is 31.5. The molecular weight excluding hydrogens is 525 g/mol. The highest BCUT2D eigenvalue weighted by molar-refractivity contribution is 7.92. The quantitative estimate of drug-likeness (QED) is 0.418. The van der Waals surface area contributed by atoms with Crippen LogP contribution in [0, 0.1) is 5.92 Å². The summed E-state index contributed by atoms with van der Waals surface area (Å²) in [4.78, 5) is 28.1.